The number of fused-ring (bicyclic) bond motifs is 1. The fourth-order valence-corrected chi connectivity index (χ4v) is 4.38. The number of ether oxygens (including phenoxy) is 2. The highest BCUT2D eigenvalue weighted by molar-refractivity contribution is 14.0. The predicted molar refractivity (Wildman–Crippen MR) is 140 cm³/mol. The Hall–Kier alpha value is -1.55. The minimum atomic E-state index is 0. The van der Waals surface area contributed by atoms with Gasteiger partial charge in [0.1, 0.15) is 5.75 Å². The van der Waals surface area contributed by atoms with Crippen LogP contribution in [0.5, 0.6) is 5.75 Å². The summed E-state index contributed by atoms with van der Waals surface area (Å²) in [7, 11) is 0. The van der Waals surface area contributed by atoms with Crippen molar-refractivity contribution in [3.05, 3.63) is 24.3 Å². The molecule has 2 unspecified atom stereocenters. The van der Waals surface area contributed by atoms with Gasteiger partial charge in [-0.3, -0.25) is 9.79 Å². The van der Waals surface area contributed by atoms with Crippen LogP contribution < -0.4 is 20.3 Å². The number of nitrogens with one attached hydrogen (secondary N) is 2. The minimum Gasteiger partial charge on any atom is -0.482 e. The maximum absolute atomic E-state index is 12.3. The van der Waals surface area contributed by atoms with E-state index < -0.39 is 0 Å². The fraction of sp³-hybridized carbons (Fsp3) is 0.667. The highest BCUT2D eigenvalue weighted by Gasteiger charge is 2.35. The van der Waals surface area contributed by atoms with E-state index in [1.54, 1.807) is 0 Å². The molecule has 2 N–H and O–H groups in total. The lowest BCUT2D eigenvalue weighted by atomic mass is 9.78. The third kappa shape index (κ3) is 7.23. The number of para-hydroxylation sites is 2. The lowest BCUT2D eigenvalue weighted by Crippen LogP contribution is -2.43. The Bertz CT molecular complexity index is 766. The Kier molecular flexibility index (Phi) is 10.5. The second kappa shape index (κ2) is 12.6. The van der Waals surface area contributed by atoms with Crippen LogP contribution in [0.3, 0.4) is 0 Å². The summed E-state index contributed by atoms with van der Waals surface area (Å²) in [6.07, 6.45) is 3.32. The molecular formula is C24H39IN4O3. The Morgan fingerprint density at radius 3 is 2.78 bits per heavy atom. The summed E-state index contributed by atoms with van der Waals surface area (Å²) in [5.74, 6) is 2.04. The van der Waals surface area contributed by atoms with Crippen molar-refractivity contribution in [2.75, 3.05) is 44.3 Å². The van der Waals surface area contributed by atoms with Crippen molar-refractivity contribution in [3.8, 4) is 5.75 Å². The van der Waals surface area contributed by atoms with Crippen LogP contribution in [0.25, 0.3) is 0 Å². The zero-order valence-electron chi connectivity index (χ0n) is 19.9. The molecule has 0 aromatic heterocycles. The summed E-state index contributed by atoms with van der Waals surface area (Å²) in [6, 6.07) is 7.70. The molecule has 0 bridgehead atoms. The monoisotopic (exact) mass is 558 g/mol. The first-order chi connectivity index (χ1) is 14.9. The van der Waals surface area contributed by atoms with Crippen molar-refractivity contribution in [1.29, 1.82) is 0 Å². The minimum absolute atomic E-state index is 0. The summed E-state index contributed by atoms with van der Waals surface area (Å²) < 4.78 is 11.6. The predicted octanol–water partition coefficient (Wildman–Crippen LogP) is 3.82. The zero-order valence-corrected chi connectivity index (χ0v) is 22.2. The first-order valence-electron chi connectivity index (χ1n) is 11.6. The molecule has 1 amide bonds. The maximum Gasteiger partial charge on any atom is 0.265 e. The van der Waals surface area contributed by atoms with Gasteiger partial charge in [0.2, 0.25) is 0 Å². The van der Waals surface area contributed by atoms with Gasteiger partial charge in [-0.25, -0.2) is 0 Å². The van der Waals surface area contributed by atoms with Crippen LogP contribution in [0.2, 0.25) is 0 Å². The molecule has 1 fully saturated rings. The average molecular weight is 559 g/mol. The van der Waals surface area contributed by atoms with Gasteiger partial charge in [0.25, 0.3) is 5.91 Å². The van der Waals surface area contributed by atoms with Crippen LogP contribution in [0.4, 0.5) is 5.69 Å². The first-order valence-corrected chi connectivity index (χ1v) is 11.6. The SMILES string of the molecule is CCNC(=NCC1CCCOC1C(C)(C)C)NCCCN1C(=O)COc2ccccc21.I. The summed E-state index contributed by atoms with van der Waals surface area (Å²) >= 11 is 0. The van der Waals surface area contributed by atoms with Crippen LogP contribution in [0, 0.1) is 11.3 Å². The van der Waals surface area contributed by atoms with Gasteiger partial charge >= 0.3 is 0 Å². The first kappa shape index (κ1) is 26.7. The molecule has 0 saturated carbocycles. The van der Waals surface area contributed by atoms with E-state index in [1.807, 2.05) is 29.2 Å². The summed E-state index contributed by atoms with van der Waals surface area (Å²) in [4.78, 5) is 19.0. The topological polar surface area (TPSA) is 75.2 Å². The molecule has 0 aliphatic carbocycles. The second-order valence-corrected chi connectivity index (χ2v) is 9.36. The Morgan fingerprint density at radius 1 is 1.25 bits per heavy atom. The van der Waals surface area contributed by atoms with Crippen LogP contribution in [-0.4, -0.2) is 57.4 Å². The molecule has 2 aliphatic heterocycles. The number of hydrogen-bond acceptors (Lipinski definition) is 4. The number of anilines is 1. The molecule has 2 heterocycles. The second-order valence-electron chi connectivity index (χ2n) is 9.36. The average Bonchev–Trinajstić information content (AvgIpc) is 2.75. The standard InChI is InChI=1S/C24H38N4O3.HI/c1-5-25-23(27-16-18-10-8-15-30-22(18)24(2,3)4)26-13-9-14-28-19-11-6-7-12-20(19)31-17-21(28)29;/h6-7,11-12,18,22H,5,8-10,13-17H2,1-4H3,(H2,25,26,27);1H. The van der Waals surface area contributed by atoms with Crippen LogP contribution in [0.15, 0.2) is 29.3 Å². The fourth-order valence-electron chi connectivity index (χ4n) is 4.38. The van der Waals surface area contributed by atoms with Gasteiger partial charge in [0.15, 0.2) is 12.6 Å². The Balaban J connectivity index is 0.00000363. The Labute approximate surface area is 209 Å². The number of carbonyl (C=O) groups excluding carboxylic acids is 1. The highest BCUT2D eigenvalue weighted by Crippen LogP contribution is 2.34. The number of amides is 1. The van der Waals surface area contributed by atoms with E-state index in [0.29, 0.717) is 12.5 Å². The van der Waals surface area contributed by atoms with Crippen molar-refractivity contribution in [2.45, 2.75) is 53.1 Å². The quantitative estimate of drug-likeness (QED) is 0.231. The van der Waals surface area contributed by atoms with E-state index in [1.165, 1.54) is 0 Å². The molecule has 2 atom stereocenters. The third-order valence-corrected chi connectivity index (χ3v) is 5.79. The van der Waals surface area contributed by atoms with Crippen molar-refractivity contribution < 1.29 is 14.3 Å². The molecule has 1 saturated heterocycles. The largest absolute Gasteiger partial charge is 0.482 e. The molecule has 1 aromatic carbocycles. The number of aliphatic imine (C=N–C) groups is 1. The smallest absolute Gasteiger partial charge is 0.265 e. The number of hydrogen-bond donors (Lipinski definition) is 2. The number of carbonyl (C=O) groups is 1. The molecule has 0 radical (unpaired) electrons. The number of rotatable bonds is 7. The van der Waals surface area contributed by atoms with Crippen molar-refractivity contribution in [1.82, 2.24) is 10.6 Å². The molecule has 3 rings (SSSR count). The summed E-state index contributed by atoms with van der Waals surface area (Å²) in [6.45, 7) is 12.7. The van der Waals surface area contributed by atoms with E-state index in [0.717, 1.165) is 62.9 Å². The summed E-state index contributed by atoms with van der Waals surface area (Å²) in [5, 5.41) is 6.76. The number of nitrogens with zero attached hydrogens (tertiary/aromatic N) is 2. The van der Waals surface area contributed by atoms with Gasteiger partial charge < -0.3 is 25.0 Å². The van der Waals surface area contributed by atoms with E-state index in [2.05, 4.69) is 38.3 Å². The molecule has 2 aliphatic rings. The van der Waals surface area contributed by atoms with Crippen LogP contribution in [-0.2, 0) is 9.53 Å². The van der Waals surface area contributed by atoms with Gasteiger partial charge in [-0.15, -0.1) is 24.0 Å². The lowest BCUT2D eigenvalue weighted by molar-refractivity contribution is -0.121. The molecule has 7 nitrogen and oxygen atoms in total. The third-order valence-electron chi connectivity index (χ3n) is 5.79. The van der Waals surface area contributed by atoms with Crippen molar-refractivity contribution >= 4 is 41.5 Å². The van der Waals surface area contributed by atoms with Gasteiger partial charge in [0.05, 0.1) is 11.8 Å². The van der Waals surface area contributed by atoms with E-state index >= 15 is 0 Å². The lowest BCUT2D eigenvalue weighted by Gasteiger charge is -2.39. The molecule has 180 valence electrons. The van der Waals surface area contributed by atoms with Gasteiger partial charge in [-0.05, 0) is 43.7 Å². The highest BCUT2D eigenvalue weighted by atomic mass is 127. The van der Waals surface area contributed by atoms with E-state index in [4.69, 9.17) is 14.5 Å². The Morgan fingerprint density at radius 2 is 2.03 bits per heavy atom. The maximum atomic E-state index is 12.3. The van der Waals surface area contributed by atoms with Gasteiger partial charge in [-0.2, -0.15) is 0 Å². The number of halogens is 1. The zero-order chi connectivity index (χ0) is 22.3. The molecule has 0 spiro atoms. The molecule has 1 aromatic rings. The van der Waals surface area contributed by atoms with Gasteiger partial charge in [-0.1, -0.05) is 32.9 Å². The normalized spacial score (nSPS) is 21.3. The van der Waals surface area contributed by atoms with Gasteiger partial charge in [0, 0.05) is 38.7 Å². The molecular weight excluding hydrogens is 519 g/mol. The molecule has 8 heteroatoms. The van der Waals surface area contributed by atoms with E-state index in [9.17, 15) is 4.79 Å². The summed E-state index contributed by atoms with van der Waals surface area (Å²) in [5.41, 5.74) is 0.970. The number of benzene rings is 1. The number of guanidine groups is 1. The van der Waals surface area contributed by atoms with E-state index in [-0.39, 0.29) is 48.0 Å². The van der Waals surface area contributed by atoms with Crippen LogP contribution in [0.1, 0.15) is 47.0 Å². The van der Waals surface area contributed by atoms with Crippen LogP contribution >= 0.6 is 24.0 Å². The molecule has 32 heavy (non-hydrogen) atoms. The van der Waals surface area contributed by atoms with Crippen molar-refractivity contribution in [2.24, 2.45) is 16.3 Å². The van der Waals surface area contributed by atoms with Crippen molar-refractivity contribution in [3.63, 3.8) is 0 Å².